The lowest BCUT2D eigenvalue weighted by Gasteiger charge is -1.98. The summed E-state index contributed by atoms with van der Waals surface area (Å²) >= 11 is 1.61. The summed E-state index contributed by atoms with van der Waals surface area (Å²) in [7, 11) is 0. The molecule has 1 aromatic rings. The molecule has 0 bridgehead atoms. The van der Waals surface area contributed by atoms with Gasteiger partial charge in [0.05, 0.1) is 4.88 Å². The number of carbonyl (C=O) groups excluding carboxylic acids is 1. The van der Waals surface area contributed by atoms with Crippen molar-refractivity contribution in [1.82, 2.24) is 0 Å². The molecule has 0 unspecified atom stereocenters. The first-order valence-electron chi connectivity index (χ1n) is 5.32. The minimum Gasteiger partial charge on any atom is -0.297 e. The number of carbonyl (C=O) groups is 1. The van der Waals surface area contributed by atoms with E-state index in [-0.39, 0.29) is 0 Å². The van der Waals surface area contributed by atoms with Crippen molar-refractivity contribution in [3.63, 3.8) is 0 Å². The van der Waals surface area contributed by atoms with Crippen LogP contribution in [0, 0.1) is 6.92 Å². The van der Waals surface area contributed by atoms with Gasteiger partial charge in [0.15, 0.2) is 6.29 Å². The molecule has 2 heteroatoms. The van der Waals surface area contributed by atoms with E-state index >= 15 is 0 Å². The molecular weight excluding hydrogens is 192 g/mol. The van der Waals surface area contributed by atoms with Crippen LogP contribution >= 0.6 is 11.3 Å². The Bertz CT molecular complexity index is 289. The van der Waals surface area contributed by atoms with Gasteiger partial charge >= 0.3 is 0 Å². The Morgan fingerprint density at radius 2 is 2.14 bits per heavy atom. The largest absolute Gasteiger partial charge is 0.297 e. The van der Waals surface area contributed by atoms with Gasteiger partial charge in [0, 0.05) is 4.88 Å². The summed E-state index contributed by atoms with van der Waals surface area (Å²) in [5.41, 5.74) is 1.37. The van der Waals surface area contributed by atoms with Gasteiger partial charge in [0.2, 0.25) is 0 Å². The van der Waals surface area contributed by atoms with Gasteiger partial charge in [-0.3, -0.25) is 4.79 Å². The number of rotatable bonds is 6. The normalized spacial score (nSPS) is 10.4. The summed E-state index contributed by atoms with van der Waals surface area (Å²) in [6, 6.07) is 2.04. The van der Waals surface area contributed by atoms with Crippen LogP contribution in [0.1, 0.15) is 52.7 Å². The summed E-state index contributed by atoms with van der Waals surface area (Å²) in [4.78, 5) is 12.7. The third-order valence-corrected chi connectivity index (χ3v) is 3.47. The minimum atomic E-state index is 0.869. The molecule has 1 aromatic heterocycles. The second kappa shape index (κ2) is 5.97. The highest BCUT2D eigenvalue weighted by Gasteiger charge is 2.03. The average Bonchev–Trinajstić information content (AvgIpc) is 2.54. The van der Waals surface area contributed by atoms with Gasteiger partial charge in [-0.15, -0.1) is 11.3 Å². The van der Waals surface area contributed by atoms with E-state index in [9.17, 15) is 4.79 Å². The molecule has 0 aliphatic carbocycles. The maximum absolute atomic E-state index is 10.6. The molecule has 0 atom stereocenters. The molecule has 0 aliphatic rings. The van der Waals surface area contributed by atoms with E-state index in [2.05, 4.69) is 13.8 Å². The van der Waals surface area contributed by atoms with Gasteiger partial charge in [-0.25, -0.2) is 0 Å². The molecule has 0 fully saturated rings. The van der Waals surface area contributed by atoms with Gasteiger partial charge in [-0.1, -0.05) is 26.2 Å². The van der Waals surface area contributed by atoms with Crippen LogP contribution < -0.4 is 0 Å². The molecule has 0 N–H and O–H groups in total. The predicted octanol–water partition coefficient (Wildman–Crippen LogP) is 3.99. The highest BCUT2D eigenvalue weighted by atomic mass is 32.1. The zero-order valence-electron chi connectivity index (χ0n) is 9.01. The Kier molecular flexibility index (Phi) is 4.88. The van der Waals surface area contributed by atoms with Crippen LogP contribution in [-0.2, 0) is 6.42 Å². The molecule has 1 heterocycles. The van der Waals surface area contributed by atoms with Crippen LogP contribution in [0.4, 0.5) is 0 Å². The van der Waals surface area contributed by atoms with Crippen LogP contribution in [0.2, 0.25) is 0 Å². The highest BCUT2D eigenvalue weighted by molar-refractivity contribution is 7.13. The Hall–Kier alpha value is -0.630. The standard InChI is InChI=1S/C12H18OS/c1-3-4-5-6-7-11-8-12(9-13)14-10(11)2/h8-9H,3-7H2,1-2H3. The molecule has 0 aliphatic heterocycles. The Balaban J connectivity index is 2.41. The minimum absolute atomic E-state index is 0.869. The number of aldehydes is 1. The van der Waals surface area contributed by atoms with E-state index < -0.39 is 0 Å². The summed E-state index contributed by atoms with van der Waals surface area (Å²) in [6.45, 7) is 4.33. The van der Waals surface area contributed by atoms with Crippen molar-refractivity contribution in [2.45, 2.75) is 46.0 Å². The topological polar surface area (TPSA) is 17.1 Å². The van der Waals surface area contributed by atoms with E-state index in [1.807, 2.05) is 6.07 Å². The number of thiophene rings is 1. The molecule has 1 nitrogen and oxygen atoms in total. The van der Waals surface area contributed by atoms with Gasteiger partial charge in [-0.2, -0.15) is 0 Å². The van der Waals surface area contributed by atoms with Gasteiger partial charge in [-0.05, 0) is 31.4 Å². The van der Waals surface area contributed by atoms with Crippen LogP contribution in [0.25, 0.3) is 0 Å². The van der Waals surface area contributed by atoms with Crippen molar-refractivity contribution in [2.24, 2.45) is 0 Å². The van der Waals surface area contributed by atoms with Crippen LogP contribution in [0.3, 0.4) is 0 Å². The molecule has 0 radical (unpaired) electrons. The van der Waals surface area contributed by atoms with Crippen molar-refractivity contribution >= 4 is 17.6 Å². The Morgan fingerprint density at radius 1 is 1.36 bits per heavy atom. The molecule has 0 saturated heterocycles. The molecule has 0 amide bonds. The average molecular weight is 210 g/mol. The number of hydrogen-bond acceptors (Lipinski definition) is 2. The van der Waals surface area contributed by atoms with E-state index in [0.717, 1.165) is 17.6 Å². The maximum Gasteiger partial charge on any atom is 0.160 e. The van der Waals surface area contributed by atoms with Crippen LogP contribution in [0.15, 0.2) is 6.07 Å². The van der Waals surface area contributed by atoms with Crippen molar-refractivity contribution in [2.75, 3.05) is 0 Å². The number of aryl methyl sites for hydroxylation is 2. The first-order chi connectivity index (χ1) is 6.77. The fraction of sp³-hybridized carbons (Fsp3) is 0.583. The van der Waals surface area contributed by atoms with E-state index in [4.69, 9.17) is 0 Å². The molecule has 0 spiro atoms. The van der Waals surface area contributed by atoms with E-state index in [0.29, 0.717) is 0 Å². The van der Waals surface area contributed by atoms with E-state index in [1.54, 1.807) is 11.3 Å². The van der Waals surface area contributed by atoms with Crippen LogP contribution in [0.5, 0.6) is 0 Å². The first-order valence-corrected chi connectivity index (χ1v) is 6.14. The van der Waals surface area contributed by atoms with Gasteiger partial charge < -0.3 is 0 Å². The van der Waals surface area contributed by atoms with E-state index in [1.165, 1.54) is 36.1 Å². The maximum atomic E-state index is 10.6. The summed E-state index contributed by atoms with van der Waals surface area (Å²) in [5.74, 6) is 0. The highest BCUT2D eigenvalue weighted by Crippen LogP contribution is 2.22. The Morgan fingerprint density at radius 3 is 2.71 bits per heavy atom. The van der Waals surface area contributed by atoms with Gasteiger partial charge in [0.1, 0.15) is 0 Å². The summed E-state index contributed by atoms with van der Waals surface area (Å²) in [5, 5.41) is 0. The van der Waals surface area contributed by atoms with Crippen molar-refractivity contribution < 1.29 is 4.79 Å². The lowest BCUT2D eigenvalue weighted by atomic mass is 10.1. The zero-order chi connectivity index (χ0) is 10.4. The molecule has 0 saturated carbocycles. The molecule has 78 valence electrons. The fourth-order valence-corrected chi connectivity index (χ4v) is 2.49. The van der Waals surface area contributed by atoms with Crippen molar-refractivity contribution in [3.8, 4) is 0 Å². The lowest BCUT2D eigenvalue weighted by Crippen LogP contribution is -1.85. The smallest absolute Gasteiger partial charge is 0.160 e. The van der Waals surface area contributed by atoms with Crippen molar-refractivity contribution in [3.05, 3.63) is 21.4 Å². The number of hydrogen-bond donors (Lipinski definition) is 0. The van der Waals surface area contributed by atoms with Crippen LogP contribution in [-0.4, -0.2) is 6.29 Å². The first kappa shape index (κ1) is 11.4. The molecular formula is C12H18OS. The third-order valence-electron chi connectivity index (χ3n) is 2.46. The second-order valence-corrected chi connectivity index (χ2v) is 4.95. The fourth-order valence-electron chi connectivity index (χ4n) is 1.59. The second-order valence-electron chi connectivity index (χ2n) is 3.66. The van der Waals surface area contributed by atoms with Crippen molar-refractivity contribution in [1.29, 1.82) is 0 Å². The SMILES string of the molecule is CCCCCCc1cc(C=O)sc1C. The third kappa shape index (κ3) is 3.26. The monoisotopic (exact) mass is 210 g/mol. The number of unbranched alkanes of at least 4 members (excludes halogenated alkanes) is 3. The Labute approximate surface area is 90.2 Å². The quantitative estimate of drug-likeness (QED) is 0.512. The lowest BCUT2D eigenvalue weighted by molar-refractivity contribution is 0.112. The molecule has 1 rings (SSSR count). The van der Waals surface area contributed by atoms with Gasteiger partial charge in [0.25, 0.3) is 0 Å². The molecule has 0 aromatic carbocycles. The zero-order valence-corrected chi connectivity index (χ0v) is 9.82. The molecule has 14 heavy (non-hydrogen) atoms. The summed E-state index contributed by atoms with van der Waals surface area (Å²) < 4.78 is 0. The predicted molar refractivity (Wildman–Crippen MR) is 62.3 cm³/mol. The summed E-state index contributed by atoms with van der Waals surface area (Å²) in [6.07, 6.45) is 7.25.